The van der Waals surface area contributed by atoms with Crippen molar-refractivity contribution in [2.75, 3.05) is 0 Å². The van der Waals surface area contributed by atoms with E-state index in [0.29, 0.717) is 0 Å². The molecule has 15 heavy (non-hydrogen) atoms. The monoisotopic (exact) mass is 392 g/mol. The van der Waals surface area contributed by atoms with Crippen LogP contribution < -0.4 is 0 Å². The molecule has 0 bridgehead atoms. The average molecular weight is 393 g/mol. The van der Waals surface area contributed by atoms with Crippen LogP contribution in [0.4, 0.5) is 14.5 Å². The minimum Gasteiger partial charge on any atom is -0.258 e. The molecule has 0 aromatic carbocycles. The molecule has 0 unspecified atom stereocenters. The van der Waals surface area contributed by atoms with Crippen molar-refractivity contribution in [3.8, 4) is 0 Å². The summed E-state index contributed by atoms with van der Waals surface area (Å²) >= 11 is 4.76. The van der Waals surface area contributed by atoms with Gasteiger partial charge in [-0.05, 0) is 22.6 Å². The summed E-state index contributed by atoms with van der Waals surface area (Å²) in [5, 5.41) is 10.8. The second-order valence-electron chi connectivity index (χ2n) is 2.52. The SMILES string of the molecule is O=[N+]([O-])c1cc(C(F)F)nc(CBr)c1I. The largest absolute Gasteiger partial charge is 0.286 e. The molecule has 8 heteroatoms. The number of aromatic nitrogens is 1. The van der Waals surface area contributed by atoms with Crippen molar-refractivity contribution in [2.45, 2.75) is 11.8 Å². The van der Waals surface area contributed by atoms with Crippen molar-refractivity contribution in [3.63, 3.8) is 0 Å². The first kappa shape index (κ1) is 12.7. The van der Waals surface area contributed by atoms with Crippen LogP contribution in [0, 0.1) is 13.7 Å². The Hall–Kier alpha value is -0.380. The summed E-state index contributed by atoms with van der Waals surface area (Å²) in [4.78, 5) is 13.5. The van der Waals surface area contributed by atoms with E-state index in [1.165, 1.54) is 0 Å². The van der Waals surface area contributed by atoms with Crippen LogP contribution in [0.15, 0.2) is 6.07 Å². The Bertz CT molecular complexity index is 403. The fourth-order valence-corrected chi connectivity index (χ4v) is 2.52. The Kier molecular flexibility index (Phi) is 4.32. The second-order valence-corrected chi connectivity index (χ2v) is 4.16. The van der Waals surface area contributed by atoms with E-state index in [1.54, 1.807) is 22.6 Å². The van der Waals surface area contributed by atoms with E-state index in [4.69, 9.17) is 0 Å². The lowest BCUT2D eigenvalue weighted by atomic mass is 10.3. The summed E-state index contributed by atoms with van der Waals surface area (Å²) in [5.74, 6) is 0. The number of nitro groups is 1. The van der Waals surface area contributed by atoms with Gasteiger partial charge in [0.15, 0.2) is 0 Å². The van der Waals surface area contributed by atoms with Gasteiger partial charge in [0, 0.05) is 11.4 Å². The first-order chi connectivity index (χ1) is 6.97. The number of nitrogens with zero attached hydrogens (tertiary/aromatic N) is 2. The Morgan fingerprint density at radius 1 is 1.67 bits per heavy atom. The molecule has 0 spiro atoms. The lowest BCUT2D eigenvalue weighted by molar-refractivity contribution is -0.386. The zero-order chi connectivity index (χ0) is 11.6. The normalized spacial score (nSPS) is 10.7. The van der Waals surface area contributed by atoms with Gasteiger partial charge in [-0.3, -0.25) is 10.1 Å². The molecule has 0 saturated heterocycles. The van der Waals surface area contributed by atoms with Gasteiger partial charge in [-0.1, -0.05) is 15.9 Å². The molecule has 0 atom stereocenters. The zero-order valence-corrected chi connectivity index (χ0v) is 10.8. The molecule has 1 aromatic heterocycles. The maximum absolute atomic E-state index is 12.4. The van der Waals surface area contributed by atoms with Crippen LogP contribution >= 0.6 is 38.5 Å². The number of rotatable bonds is 3. The van der Waals surface area contributed by atoms with Gasteiger partial charge in [-0.25, -0.2) is 13.8 Å². The molecule has 0 aliphatic rings. The lowest BCUT2D eigenvalue weighted by Crippen LogP contribution is -2.02. The third kappa shape index (κ3) is 2.80. The van der Waals surface area contributed by atoms with Gasteiger partial charge in [0.25, 0.3) is 12.1 Å². The number of alkyl halides is 3. The topological polar surface area (TPSA) is 56.0 Å². The third-order valence-corrected chi connectivity index (χ3v) is 3.28. The van der Waals surface area contributed by atoms with E-state index in [0.717, 1.165) is 6.07 Å². The third-order valence-electron chi connectivity index (χ3n) is 1.57. The first-order valence-corrected chi connectivity index (χ1v) is 5.85. The fourth-order valence-electron chi connectivity index (χ4n) is 0.922. The highest BCUT2D eigenvalue weighted by atomic mass is 127. The molecule has 0 amide bonds. The van der Waals surface area contributed by atoms with Crippen LogP contribution in [0.25, 0.3) is 0 Å². The summed E-state index contributed by atoms with van der Waals surface area (Å²) < 4.78 is 25.0. The van der Waals surface area contributed by atoms with Crippen LogP contribution in [0.2, 0.25) is 0 Å². The van der Waals surface area contributed by atoms with E-state index in [1.807, 2.05) is 0 Å². The number of halogens is 4. The Labute approximate surface area is 105 Å². The highest BCUT2D eigenvalue weighted by Gasteiger charge is 2.21. The van der Waals surface area contributed by atoms with E-state index in [-0.39, 0.29) is 20.3 Å². The van der Waals surface area contributed by atoms with Crippen LogP contribution in [0.5, 0.6) is 0 Å². The molecular weight excluding hydrogens is 389 g/mol. The molecule has 0 aliphatic heterocycles. The van der Waals surface area contributed by atoms with E-state index in [9.17, 15) is 18.9 Å². The Balaban J connectivity index is 3.38. The maximum Gasteiger partial charge on any atom is 0.286 e. The van der Waals surface area contributed by atoms with E-state index in [2.05, 4.69) is 20.9 Å². The number of hydrogen-bond donors (Lipinski definition) is 0. The summed E-state index contributed by atoms with van der Waals surface area (Å²) in [6.07, 6.45) is -2.81. The maximum atomic E-state index is 12.4. The molecular formula is C7H4BrF2IN2O2. The molecule has 0 N–H and O–H groups in total. The Morgan fingerprint density at radius 3 is 2.67 bits per heavy atom. The van der Waals surface area contributed by atoms with Gasteiger partial charge in [0.2, 0.25) is 0 Å². The number of hydrogen-bond acceptors (Lipinski definition) is 3. The Morgan fingerprint density at radius 2 is 2.27 bits per heavy atom. The summed E-state index contributed by atoms with van der Waals surface area (Å²) in [6, 6.07) is 0.804. The van der Waals surface area contributed by atoms with Gasteiger partial charge < -0.3 is 0 Å². The van der Waals surface area contributed by atoms with Gasteiger partial charge in [0.05, 0.1) is 10.6 Å². The van der Waals surface area contributed by atoms with Gasteiger partial charge in [-0.15, -0.1) is 0 Å². The van der Waals surface area contributed by atoms with Crippen molar-refractivity contribution in [3.05, 3.63) is 31.1 Å². The number of pyridine rings is 1. The minimum atomic E-state index is -2.81. The van der Waals surface area contributed by atoms with Gasteiger partial charge in [-0.2, -0.15) is 0 Å². The van der Waals surface area contributed by atoms with Crippen molar-refractivity contribution < 1.29 is 13.7 Å². The molecule has 1 heterocycles. The molecule has 4 nitrogen and oxygen atoms in total. The minimum absolute atomic E-state index is 0.201. The second kappa shape index (κ2) is 5.10. The summed E-state index contributed by atoms with van der Waals surface area (Å²) in [6.45, 7) is 0. The van der Waals surface area contributed by atoms with E-state index < -0.39 is 17.0 Å². The average Bonchev–Trinajstić information content (AvgIpc) is 2.17. The summed E-state index contributed by atoms with van der Waals surface area (Å²) in [5.41, 5.74) is -0.660. The summed E-state index contributed by atoms with van der Waals surface area (Å²) in [7, 11) is 0. The van der Waals surface area contributed by atoms with Gasteiger partial charge >= 0.3 is 0 Å². The molecule has 0 fully saturated rings. The van der Waals surface area contributed by atoms with Crippen molar-refractivity contribution in [2.24, 2.45) is 0 Å². The first-order valence-electron chi connectivity index (χ1n) is 3.65. The predicted molar refractivity (Wildman–Crippen MR) is 61.2 cm³/mol. The van der Waals surface area contributed by atoms with Crippen molar-refractivity contribution >= 4 is 44.2 Å². The smallest absolute Gasteiger partial charge is 0.258 e. The molecule has 0 radical (unpaired) electrons. The molecule has 82 valence electrons. The van der Waals surface area contributed by atoms with Crippen LogP contribution in [-0.4, -0.2) is 9.91 Å². The predicted octanol–water partition coefficient (Wildman–Crippen LogP) is 3.43. The molecule has 1 rings (SSSR count). The standard InChI is InChI=1S/C7H4BrF2IN2O2/c8-2-4-6(11)5(13(14)15)1-3(12-4)7(9)10/h1,7H,2H2. The van der Waals surface area contributed by atoms with Crippen molar-refractivity contribution in [1.82, 2.24) is 4.98 Å². The van der Waals surface area contributed by atoms with Crippen LogP contribution in [-0.2, 0) is 5.33 Å². The van der Waals surface area contributed by atoms with Gasteiger partial charge in [0.1, 0.15) is 9.26 Å². The molecule has 0 saturated carbocycles. The molecule has 0 aliphatic carbocycles. The fraction of sp³-hybridized carbons (Fsp3) is 0.286. The van der Waals surface area contributed by atoms with Crippen molar-refractivity contribution in [1.29, 1.82) is 0 Å². The molecule has 1 aromatic rings. The zero-order valence-electron chi connectivity index (χ0n) is 7.08. The highest BCUT2D eigenvalue weighted by molar-refractivity contribution is 14.1. The highest BCUT2D eigenvalue weighted by Crippen LogP contribution is 2.29. The van der Waals surface area contributed by atoms with E-state index >= 15 is 0 Å². The quantitative estimate of drug-likeness (QED) is 0.343. The van der Waals surface area contributed by atoms with Crippen LogP contribution in [0.3, 0.4) is 0 Å². The van der Waals surface area contributed by atoms with Crippen LogP contribution in [0.1, 0.15) is 17.8 Å². The lowest BCUT2D eigenvalue weighted by Gasteiger charge is -2.04.